The largest absolute Gasteiger partial charge is 0.444 e. The molecule has 0 saturated heterocycles. The normalized spacial score (nSPS) is 11.7. The lowest BCUT2D eigenvalue weighted by atomic mass is 10.2. The van der Waals surface area contributed by atoms with E-state index in [1.54, 1.807) is 45.9 Å². The molecule has 0 aromatic carbocycles. The maximum absolute atomic E-state index is 11.7. The van der Waals surface area contributed by atoms with Gasteiger partial charge in [0.15, 0.2) is 0 Å². The third kappa shape index (κ3) is 12.5. The Balaban J connectivity index is 4.60. The Bertz CT molecular complexity index is 695. The number of amides is 2. The summed E-state index contributed by atoms with van der Waals surface area (Å²) in [6.07, 6.45) is 4.92. The van der Waals surface area contributed by atoms with Crippen LogP contribution >= 0.6 is 11.8 Å². The molecule has 0 atom stereocenters. The first-order chi connectivity index (χ1) is 12.3. The summed E-state index contributed by atoms with van der Waals surface area (Å²) in [5, 5.41) is 5.22. The van der Waals surface area contributed by atoms with Crippen molar-refractivity contribution in [3.05, 3.63) is 71.3 Å². The van der Waals surface area contributed by atoms with E-state index in [0.29, 0.717) is 23.4 Å². The second-order valence-electron chi connectivity index (χ2n) is 6.72. The van der Waals surface area contributed by atoms with Crippen LogP contribution in [0.15, 0.2) is 71.3 Å². The van der Waals surface area contributed by atoms with Crippen LogP contribution in [0.1, 0.15) is 41.0 Å². The summed E-state index contributed by atoms with van der Waals surface area (Å²) < 4.78 is 5.15. The molecule has 0 spiro atoms. The summed E-state index contributed by atoms with van der Waals surface area (Å²) in [4.78, 5) is 24.6. The Kier molecular flexibility index (Phi) is 10.3. The first-order valence-corrected chi connectivity index (χ1v) is 9.25. The molecule has 0 radical (unpaired) electrons. The van der Waals surface area contributed by atoms with E-state index in [0.717, 1.165) is 9.81 Å². The van der Waals surface area contributed by atoms with Crippen LogP contribution < -0.4 is 10.6 Å². The molecule has 0 heterocycles. The SMILES string of the molecule is C=C(/C=C\C(=C)C(=C)S/C(C)=C/C(=C)NC(=O)CC)NC(=O)OC(C)(C)C. The lowest BCUT2D eigenvalue weighted by Gasteiger charge is -2.19. The molecule has 2 N–H and O–H groups in total. The van der Waals surface area contributed by atoms with Gasteiger partial charge in [0.25, 0.3) is 0 Å². The fourth-order valence-electron chi connectivity index (χ4n) is 1.61. The van der Waals surface area contributed by atoms with Gasteiger partial charge >= 0.3 is 6.09 Å². The van der Waals surface area contributed by atoms with Gasteiger partial charge in [0, 0.05) is 22.7 Å². The average Bonchev–Trinajstić information content (AvgIpc) is 2.49. The minimum absolute atomic E-state index is 0.0868. The Morgan fingerprint density at radius 2 is 1.63 bits per heavy atom. The van der Waals surface area contributed by atoms with Gasteiger partial charge in [0.1, 0.15) is 5.60 Å². The number of nitrogens with one attached hydrogen (secondary N) is 2. The maximum atomic E-state index is 11.7. The van der Waals surface area contributed by atoms with E-state index in [2.05, 4.69) is 36.9 Å². The predicted molar refractivity (Wildman–Crippen MR) is 115 cm³/mol. The molecule has 0 aliphatic carbocycles. The number of thioether (sulfide) groups is 1. The molecule has 0 unspecified atom stereocenters. The highest BCUT2D eigenvalue weighted by atomic mass is 32.2. The van der Waals surface area contributed by atoms with E-state index < -0.39 is 11.7 Å². The quantitative estimate of drug-likeness (QED) is 0.522. The lowest BCUT2D eigenvalue weighted by Crippen LogP contribution is -2.31. The lowest BCUT2D eigenvalue weighted by molar-refractivity contribution is -0.120. The number of carbonyl (C=O) groups excluding carboxylic acids is 2. The Morgan fingerprint density at radius 1 is 1.04 bits per heavy atom. The van der Waals surface area contributed by atoms with Gasteiger partial charge < -0.3 is 10.1 Å². The van der Waals surface area contributed by atoms with Crippen LogP contribution in [0, 0.1) is 0 Å². The van der Waals surface area contributed by atoms with Gasteiger partial charge in [-0.3, -0.25) is 10.1 Å². The van der Waals surface area contributed by atoms with Crippen molar-refractivity contribution in [3.8, 4) is 0 Å². The van der Waals surface area contributed by atoms with Gasteiger partial charge in [-0.15, -0.1) is 0 Å². The molecule has 0 saturated carbocycles. The smallest absolute Gasteiger partial charge is 0.412 e. The number of allylic oxidation sites excluding steroid dienone is 5. The average molecular weight is 391 g/mol. The van der Waals surface area contributed by atoms with E-state index in [4.69, 9.17) is 4.74 Å². The maximum Gasteiger partial charge on any atom is 0.412 e. The number of rotatable bonds is 9. The van der Waals surface area contributed by atoms with Gasteiger partial charge in [-0.2, -0.15) is 0 Å². The van der Waals surface area contributed by atoms with Crippen molar-refractivity contribution < 1.29 is 14.3 Å². The number of alkyl carbamates (subject to hydrolysis) is 1. The van der Waals surface area contributed by atoms with Crippen molar-refractivity contribution in [1.82, 2.24) is 10.6 Å². The van der Waals surface area contributed by atoms with Crippen molar-refractivity contribution in [2.24, 2.45) is 0 Å². The van der Waals surface area contributed by atoms with E-state index in [-0.39, 0.29) is 5.91 Å². The van der Waals surface area contributed by atoms with Crippen LogP contribution in [0.2, 0.25) is 0 Å². The third-order valence-electron chi connectivity index (χ3n) is 2.79. The van der Waals surface area contributed by atoms with Crippen LogP contribution in [0.3, 0.4) is 0 Å². The summed E-state index contributed by atoms with van der Waals surface area (Å²) in [5.41, 5.74) is 0.998. The van der Waals surface area contributed by atoms with Crippen molar-refractivity contribution in [3.63, 3.8) is 0 Å². The topological polar surface area (TPSA) is 67.4 Å². The van der Waals surface area contributed by atoms with Gasteiger partial charge in [0.2, 0.25) is 5.91 Å². The summed E-state index contributed by atoms with van der Waals surface area (Å²) in [5.74, 6) is -0.0868. The molecule has 2 amide bonds. The highest BCUT2D eigenvalue weighted by molar-refractivity contribution is 8.06. The number of hydrogen-bond donors (Lipinski definition) is 2. The highest BCUT2D eigenvalue weighted by Crippen LogP contribution is 2.29. The van der Waals surface area contributed by atoms with Crippen LogP contribution in [0.5, 0.6) is 0 Å². The van der Waals surface area contributed by atoms with E-state index >= 15 is 0 Å². The molecule has 0 aromatic heterocycles. The molecule has 148 valence electrons. The standard InChI is InChI=1S/C21H30N2O3S/c1-10-19(24)22-16(4)13-17(5)27-18(6)14(2)11-12-15(3)23-20(25)26-21(7,8)9/h11-13H,2-4,6,10H2,1,5,7-9H3,(H,22,24)(H,23,25)/b12-11-,17-13+. The second-order valence-corrected chi connectivity index (χ2v) is 8.06. The first-order valence-electron chi connectivity index (χ1n) is 8.44. The van der Waals surface area contributed by atoms with Crippen molar-refractivity contribution in [2.45, 2.75) is 46.6 Å². The Morgan fingerprint density at radius 3 is 2.15 bits per heavy atom. The van der Waals surface area contributed by atoms with Crippen LogP contribution in [-0.2, 0) is 9.53 Å². The van der Waals surface area contributed by atoms with Gasteiger partial charge in [0.05, 0.1) is 0 Å². The minimum Gasteiger partial charge on any atom is -0.444 e. The Hall–Kier alpha value is -2.47. The van der Waals surface area contributed by atoms with Gasteiger partial charge in [-0.1, -0.05) is 51.1 Å². The van der Waals surface area contributed by atoms with Crippen molar-refractivity contribution >= 4 is 23.8 Å². The summed E-state index contributed by atoms with van der Waals surface area (Å²) >= 11 is 1.41. The van der Waals surface area contributed by atoms with Gasteiger partial charge in [-0.25, -0.2) is 4.79 Å². The van der Waals surface area contributed by atoms with Crippen molar-refractivity contribution in [1.29, 1.82) is 0 Å². The second kappa shape index (κ2) is 11.3. The van der Waals surface area contributed by atoms with Crippen LogP contribution in [-0.4, -0.2) is 17.6 Å². The van der Waals surface area contributed by atoms with Crippen LogP contribution in [0.4, 0.5) is 4.79 Å². The molecular formula is C21H30N2O3S. The number of hydrogen-bond acceptors (Lipinski definition) is 4. The fourth-order valence-corrected chi connectivity index (χ4v) is 2.40. The first kappa shape index (κ1) is 24.5. The summed E-state index contributed by atoms with van der Waals surface area (Å²) in [6.45, 7) is 24.5. The molecule has 0 bridgehead atoms. The molecule has 0 aliphatic heterocycles. The minimum atomic E-state index is -0.576. The molecule has 0 rings (SSSR count). The predicted octanol–water partition coefficient (Wildman–Crippen LogP) is 5.33. The van der Waals surface area contributed by atoms with E-state index in [9.17, 15) is 9.59 Å². The monoisotopic (exact) mass is 390 g/mol. The molecule has 0 fully saturated rings. The highest BCUT2D eigenvalue weighted by Gasteiger charge is 2.15. The molecule has 6 heteroatoms. The zero-order chi connectivity index (χ0) is 21.2. The number of ether oxygens (including phenoxy) is 1. The summed E-state index contributed by atoms with van der Waals surface area (Å²) in [7, 11) is 0. The molecule has 0 aromatic rings. The van der Waals surface area contributed by atoms with Gasteiger partial charge in [-0.05, 0) is 50.3 Å². The molecule has 0 aliphatic rings. The molecule has 27 heavy (non-hydrogen) atoms. The molecular weight excluding hydrogens is 360 g/mol. The number of carbonyl (C=O) groups is 2. The van der Waals surface area contributed by atoms with Crippen molar-refractivity contribution in [2.75, 3.05) is 0 Å². The zero-order valence-corrected chi connectivity index (χ0v) is 17.7. The summed E-state index contributed by atoms with van der Waals surface area (Å²) in [6, 6.07) is 0. The van der Waals surface area contributed by atoms with E-state index in [1.807, 2.05) is 6.92 Å². The van der Waals surface area contributed by atoms with E-state index in [1.165, 1.54) is 11.8 Å². The third-order valence-corrected chi connectivity index (χ3v) is 3.74. The fraction of sp³-hybridized carbons (Fsp3) is 0.333. The Labute approximate surface area is 167 Å². The molecule has 5 nitrogen and oxygen atoms in total. The zero-order valence-electron chi connectivity index (χ0n) is 16.9. The van der Waals surface area contributed by atoms with Crippen LogP contribution in [0.25, 0.3) is 0 Å².